The van der Waals surface area contributed by atoms with Crippen molar-refractivity contribution in [1.29, 1.82) is 0 Å². The van der Waals surface area contributed by atoms with Gasteiger partial charge in [-0.05, 0) is 40.2 Å². The third kappa shape index (κ3) is 4.85. The van der Waals surface area contributed by atoms with Crippen LogP contribution in [0.25, 0.3) is 0 Å². The predicted octanol–water partition coefficient (Wildman–Crippen LogP) is 3.45. The van der Waals surface area contributed by atoms with Gasteiger partial charge in [0.05, 0.1) is 10.7 Å². The number of carbonyl (C=O) groups excluding carboxylic acids is 1. The van der Waals surface area contributed by atoms with Gasteiger partial charge in [0.1, 0.15) is 11.5 Å². The summed E-state index contributed by atoms with van der Waals surface area (Å²) in [7, 11) is 0. The number of ether oxygens (including phenoxy) is 1. The molecule has 114 valence electrons. The fourth-order valence-corrected chi connectivity index (χ4v) is 2.62. The molecule has 0 spiro atoms. The van der Waals surface area contributed by atoms with Gasteiger partial charge in [0, 0.05) is 10.0 Å². The Balaban J connectivity index is 1.87. The van der Waals surface area contributed by atoms with E-state index in [1.54, 1.807) is 18.2 Å². The largest absolute Gasteiger partial charge is 0.507 e. The van der Waals surface area contributed by atoms with Gasteiger partial charge >= 0.3 is 0 Å². The van der Waals surface area contributed by atoms with Crippen molar-refractivity contribution < 1.29 is 14.6 Å². The summed E-state index contributed by atoms with van der Waals surface area (Å²) in [6.07, 6.45) is 1.43. The Morgan fingerprint density at radius 1 is 1.23 bits per heavy atom. The molecule has 0 aliphatic heterocycles. The van der Waals surface area contributed by atoms with Gasteiger partial charge in [-0.25, -0.2) is 5.43 Å². The third-order valence-electron chi connectivity index (χ3n) is 2.57. The van der Waals surface area contributed by atoms with Gasteiger partial charge in [0.2, 0.25) is 0 Å². The number of benzene rings is 2. The SMILES string of the molecule is O=C(COc1ccccc1)N/N=C/c1cc(O)c(Br)cc1Br. The van der Waals surface area contributed by atoms with Gasteiger partial charge in [-0.1, -0.05) is 34.1 Å². The number of halogens is 2. The fraction of sp³-hybridized carbons (Fsp3) is 0.0667. The minimum Gasteiger partial charge on any atom is -0.507 e. The molecule has 0 radical (unpaired) electrons. The van der Waals surface area contributed by atoms with Gasteiger partial charge in [-0.3, -0.25) is 4.79 Å². The molecule has 0 heterocycles. The summed E-state index contributed by atoms with van der Waals surface area (Å²) in [5, 5.41) is 13.4. The van der Waals surface area contributed by atoms with E-state index in [1.165, 1.54) is 12.3 Å². The first kappa shape index (κ1) is 16.5. The monoisotopic (exact) mass is 426 g/mol. The number of nitrogens with zero attached hydrogens (tertiary/aromatic N) is 1. The second-order valence-corrected chi connectivity index (χ2v) is 5.93. The number of aromatic hydroxyl groups is 1. The van der Waals surface area contributed by atoms with E-state index in [1.807, 2.05) is 18.2 Å². The van der Waals surface area contributed by atoms with Gasteiger partial charge in [-0.15, -0.1) is 0 Å². The molecule has 2 aromatic rings. The zero-order chi connectivity index (χ0) is 15.9. The van der Waals surface area contributed by atoms with Crippen LogP contribution in [0.4, 0.5) is 0 Å². The molecule has 0 atom stereocenters. The lowest BCUT2D eigenvalue weighted by Crippen LogP contribution is -2.24. The number of hydrogen-bond acceptors (Lipinski definition) is 4. The van der Waals surface area contributed by atoms with Crippen LogP contribution in [-0.4, -0.2) is 23.8 Å². The van der Waals surface area contributed by atoms with Crippen LogP contribution in [0, 0.1) is 0 Å². The molecule has 2 N–H and O–H groups in total. The van der Waals surface area contributed by atoms with Crippen LogP contribution in [0.3, 0.4) is 0 Å². The number of phenolic OH excluding ortho intramolecular Hbond substituents is 1. The van der Waals surface area contributed by atoms with E-state index in [-0.39, 0.29) is 18.3 Å². The van der Waals surface area contributed by atoms with Crippen molar-refractivity contribution in [2.75, 3.05) is 6.61 Å². The Bertz CT molecular complexity index is 691. The van der Waals surface area contributed by atoms with E-state index in [2.05, 4.69) is 42.4 Å². The summed E-state index contributed by atoms with van der Waals surface area (Å²) in [6, 6.07) is 12.2. The highest BCUT2D eigenvalue weighted by Crippen LogP contribution is 2.29. The zero-order valence-electron chi connectivity index (χ0n) is 11.3. The van der Waals surface area contributed by atoms with Crippen LogP contribution in [-0.2, 0) is 4.79 Å². The lowest BCUT2D eigenvalue weighted by atomic mass is 10.2. The first-order chi connectivity index (χ1) is 10.6. The number of phenols is 1. The second kappa shape index (κ2) is 7.95. The van der Waals surface area contributed by atoms with Crippen molar-refractivity contribution in [3.8, 4) is 11.5 Å². The van der Waals surface area contributed by atoms with Crippen LogP contribution < -0.4 is 10.2 Å². The molecule has 2 aromatic carbocycles. The standard InChI is InChI=1S/C15H12Br2N2O3/c16-12-7-13(17)14(20)6-10(12)8-18-19-15(21)9-22-11-4-2-1-3-5-11/h1-8,20H,9H2,(H,19,21)/b18-8+. The molecular weight excluding hydrogens is 416 g/mol. The first-order valence-electron chi connectivity index (χ1n) is 6.24. The summed E-state index contributed by atoms with van der Waals surface area (Å²) in [5.74, 6) is 0.322. The normalized spacial score (nSPS) is 10.6. The maximum atomic E-state index is 11.6. The highest BCUT2D eigenvalue weighted by molar-refractivity contribution is 9.11. The van der Waals surface area contributed by atoms with E-state index in [4.69, 9.17) is 4.74 Å². The molecule has 0 bridgehead atoms. The van der Waals surface area contributed by atoms with Gasteiger partial charge in [-0.2, -0.15) is 5.10 Å². The average molecular weight is 428 g/mol. The highest BCUT2D eigenvalue weighted by atomic mass is 79.9. The molecule has 0 aromatic heterocycles. The highest BCUT2D eigenvalue weighted by Gasteiger charge is 2.04. The number of carbonyl (C=O) groups is 1. The second-order valence-electron chi connectivity index (χ2n) is 4.22. The number of para-hydroxylation sites is 1. The Morgan fingerprint density at radius 2 is 1.95 bits per heavy atom. The Morgan fingerprint density at radius 3 is 2.68 bits per heavy atom. The smallest absolute Gasteiger partial charge is 0.277 e. The summed E-state index contributed by atoms with van der Waals surface area (Å²) in [5.41, 5.74) is 2.98. The van der Waals surface area contributed by atoms with Crippen LogP contribution in [0.15, 0.2) is 56.5 Å². The minimum absolute atomic E-state index is 0.0865. The molecule has 7 heteroatoms. The quantitative estimate of drug-likeness (QED) is 0.567. The molecule has 0 aliphatic carbocycles. The average Bonchev–Trinajstić information content (AvgIpc) is 2.51. The van der Waals surface area contributed by atoms with Gasteiger partial charge < -0.3 is 9.84 Å². The van der Waals surface area contributed by atoms with Crippen molar-refractivity contribution >= 4 is 44.0 Å². The lowest BCUT2D eigenvalue weighted by molar-refractivity contribution is -0.123. The van der Waals surface area contributed by atoms with Crippen LogP contribution in [0.1, 0.15) is 5.56 Å². The number of rotatable bonds is 5. The van der Waals surface area contributed by atoms with Crippen LogP contribution >= 0.6 is 31.9 Å². The molecule has 5 nitrogen and oxygen atoms in total. The van der Waals surface area contributed by atoms with E-state index in [9.17, 15) is 9.90 Å². The summed E-state index contributed by atoms with van der Waals surface area (Å²) in [4.78, 5) is 11.6. The number of amides is 1. The molecule has 0 aliphatic rings. The van der Waals surface area contributed by atoms with Crippen molar-refractivity contribution in [3.05, 3.63) is 57.0 Å². The Labute approximate surface area is 144 Å². The zero-order valence-corrected chi connectivity index (χ0v) is 14.5. The molecule has 0 unspecified atom stereocenters. The molecule has 22 heavy (non-hydrogen) atoms. The minimum atomic E-state index is -0.377. The molecule has 0 saturated heterocycles. The van der Waals surface area contributed by atoms with E-state index in [0.29, 0.717) is 15.8 Å². The fourth-order valence-electron chi connectivity index (χ4n) is 1.52. The summed E-state index contributed by atoms with van der Waals surface area (Å²) < 4.78 is 6.59. The maximum Gasteiger partial charge on any atom is 0.277 e. The molecule has 0 saturated carbocycles. The van der Waals surface area contributed by atoms with Crippen molar-refractivity contribution in [1.82, 2.24) is 5.43 Å². The predicted molar refractivity (Wildman–Crippen MR) is 91.2 cm³/mol. The van der Waals surface area contributed by atoms with E-state index < -0.39 is 0 Å². The van der Waals surface area contributed by atoms with Crippen LogP contribution in [0.2, 0.25) is 0 Å². The summed E-state index contributed by atoms with van der Waals surface area (Å²) >= 11 is 6.54. The van der Waals surface area contributed by atoms with Gasteiger partial charge in [0.25, 0.3) is 5.91 Å². The molecule has 0 fully saturated rings. The first-order valence-corrected chi connectivity index (χ1v) is 7.82. The Kier molecular flexibility index (Phi) is 5.97. The summed E-state index contributed by atoms with van der Waals surface area (Å²) in [6.45, 7) is -0.131. The number of nitrogens with one attached hydrogen (secondary N) is 1. The number of hydrazone groups is 1. The van der Waals surface area contributed by atoms with Crippen LogP contribution in [0.5, 0.6) is 11.5 Å². The van der Waals surface area contributed by atoms with Crippen molar-refractivity contribution in [2.24, 2.45) is 5.10 Å². The van der Waals surface area contributed by atoms with Crippen molar-refractivity contribution in [3.63, 3.8) is 0 Å². The molecular formula is C15H12Br2N2O3. The third-order valence-corrected chi connectivity index (χ3v) is 3.89. The molecule has 2 rings (SSSR count). The van der Waals surface area contributed by atoms with Crippen molar-refractivity contribution in [2.45, 2.75) is 0 Å². The number of hydrogen-bond donors (Lipinski definition) is 2. The lowest BCUT2D eigenvalue weighted by Gasteiger charge is -2.04. The van der Waals surface area contributed by atoms with E-state index >= 15 is 0 Å². The Hall–Kier alpha value is -1.86. The maximum absolute atomic E-state index is 11.6. The topological polar surface area (TPSA) is 70.9 Å². The van der Waals surface area contributed by atoms with Gasteiger partial charge in [0.15, 0.2) is 6.61 Å². The van der Waals surface area contributed by atoms with E-state index in [0.717, 1.165) is 4.47 Å². The molecule has 1 amide bonds.